The standard InChI is InChI=1S/C16H34N2O/c1-5-8-11-18(14(4)6-2)13-16-10-9-15(19-16)12-17-7-3/h14-17H,5-13H2,1-4H3. The first-order chi connectivity index (χ1) is 9.21. The molecule has 19 heavy (non-hydrogen) atoms. The second-order valence-electron chi connectivity index (χ2n) is 5.87. The number of likely N-dealkylation sites (N-methyl/N-ethyl adjacent to an activating group) is 1. The molecule has 114 valence electrons. The number of nitrogens with zero attached hydrogens (tertiary/aromatic N) is 1. The minimum Gasteiger partial charge on any atom is -0.372 e. The number of hydrogen-bond donors (Lipinski definition) is 1. The van der Waals surface area contributed by atoms with Gasteiger partial charge in [-0.3, -0.25) is 4.90 Å². The molecule has 0 amide bonds. The number of hydrogen-bond acceptors (Lipinski definition) is 3. The molecule has 0 aliphatic carbocycles. The molecule has 3 atom stereocenters. The van der Waals surface area contributed by atoms with Gasteiger partial charge < -0.3 is 10.1 Å². The van der Waals surface area contributed by atoms with Crippen molar-refractivity contribution in [3.05, 3.63) is 0 Å². The van der Waals surface area contributed by atoms with Crippen LogP contribution in [-0.2, 0) is 4.74 Å². The summed E-state index contributed by atoms with van der Waals surface area (Å²) in [4.78, 5) is 2.63. The van der Waals surface area contributed by atoms with E-state index in [4.69, 9.17) is 4.74 Å². The molecule has 1 aliphatic heterocycles. The topological polar surface area (TPSA) is 24.5 Å². The van der Waals surface area contributed by atoms with E-state index in [9.17, 15) is 0 Å². The van der Waals surface area contributed by atoms with Crippen molar-refractivity contribution in [2.75, 3.05) is 26.2 Å². The maximum Gasteiger partial charge on any atom is 0.0707 e. The lowest BCUT2D eigenvalue weighted by molar-refractivity contribution is 0.0153. The summed E-state index contributed by atoms with van der Waals surface area (Å²) in [6, 6.07) is 0.683. The third kappa shape index (κ3) is 6.24. The van der Waals surface area contributed by atoms with Gasteiger partial charge in [-0.15, -0.1) is 0 Å². The summed E-state index contributed by atoms with van der Waals surface area (Å²) in [5.74, 6) is 0. The molecule has 3 nitrogen and oxygen atoms in total. The van der Waals surface area contributed by atoms with Crippen molar-refractivity contribution in [2.45, 2.75) is 78.0 Å². The third-order valence-electron chi connectivity index (χ3n) is 4.27. The van der Waals surface area contributed by atoms with Crippen LogP contribution in [0.4, 0.5) is 0 Å². The van der Waals surface area contributed by atoms with Crippen LogP contribution < -0.4 is 5.32 Å². The van der Waals surface area contributed by atoms with Gasteiger partial charge in [0.25, 0.3) is 0 Å². The Bertz CT molecular complexity index is 223. The molecule has 0 spiro atoms. The molecule has 0 aromatic carbocycles. The number of ether oxygens (including phenoxy) is 1. The summed E-state index contributed by atoms with van der Waals surface area (Å²) >= 11 is 0. The van der Waals surface area contributed by atoms with E-state index in [1.54, 1.807) is 0 Å². The van der Waals surface area contributed by atoms with E-state index in [1.807, 2.05) is 0 Å². The van der Waals surface area contributed by atoms with Crippen LogP contribution in [0.25, 0.3) is 0 Å². The van der Waals surface area contributed by atoms with E-state index < -0.39 is 0 Å². The van der Waals surface area contributed by atoms with Gasteiger partial charge in [-0.25, -0.2) is 0 Å². The van der Waals surface area contributed by atoms with Gasteiger partial charge in [0, 0.05) is 19.1 Å². The van der Waals surface area contributed by atoms with Crippen LogP contribution in [0.5, 0.6) is 0 Å². The lowest BCUT2D eigenvalue weighted by Crippen LogP contribution is -2.40. The number of unbranched alkanes of at least 4 members (excludes halogenated alkanes) is 1. The third-order valence-corrected chi connectivity index (χ3v) is 4.27. The van der Waals surface area contributed by atoms with Crippen molar-refractivity contribution in [2.24, 2.45) is 0 Å². The maximum atomic E-state index is 6.16. The SMILES string of the molecule is CCCCN(CC1CCC(CNCC)O1)C(C)CC. The summed E-state index contributed by atoms with van der Waals surface area (Å²) in [6.07, 6.45) is 7.16. The molecule has 1 rings (SSSR count). The summed E-state index contributed by atoms with van der Waals surface area (Å²) < 4.78 is 6.16. The highest BCUT2D eigenvalue weighted by Gasteiger charge is 2.27. The summed E-state index contributed by atoms with van der Waals surface area (Å²) in [7, 11) is 0. The summed E-state index contributed by atoms with van der Waals surface area (Å²) in [5, 5.41) is 3.39. The van der Waals surface area contributed by atoms with Gasteiger partial charge in [0.05, 0.1) is 12.2 Å². The van der Waals surface area contributed by atoms with Crippen LogP contribution in [0, 0.1) is 0 Å². The molecule has 0 saturated carbocycles. The van der Waals surface area contributed by atoms with E-state index in [0.717, 1.165) is 19.6 Å². The molecule has 1 N–H and O–H groups in total. The van der Waals surface area contributed by atoms with E-state index in [1.165, 1.54) is 38.6 Å². The van der Waals surface area contributed by atoms with Crippen molar-refractivity contribution in [1.82, 2.24) is 10.2 Å². The quantitative estimate of drug-likeness (QED) is 0.660. The first-order valence-corrected chi connectivity index (χ1v) is 8.31. The normalized spacial score (nSPS) is 25.1. The Balaban J connectivity index is 2.33. The van der Waals surface area contributed by atoms with Gasteiger partial charge in [0.15, 0.2) is 0 Å². The Morgan fingerprint density at radius 2 is 1.95 bits per heavy atom. The Morgan fingerprint density at radius 3 is 2.58 bits per heavy atom. The Morgan fingerprint density at radius 1 is 1.21 bits per heavy atom. The zero-order valence-electron chi connectivity index (χ0n) is 13.5. The molecular weight excluding hydrogens is 236 g/mol. The molecule has 1 fully saturated rings. The average molecular weight is 270 g/mol. The monoisotopic (exact) mass is 270 g/mol. The van der Waals surface area contributed by atoms with Gasteiger partial charge in [-0.2, -0.15) is 0 Å². The number of rotatable bonds is 10. The van der Waals surface area contributed by atoms with E-state index in [2.05, 4.69) is 37.9 Å². The van der Waals surface area contributed by atoms with Gasteiger partial charge in [0.2, 0.25) is 0 Å². The van der Waals surface area contributed by atoms with Crippen molar-refractivity contribution in [3.8, 4) is 0 Å². The average Bonchev–Trinajstić information content (AvgIpc) is 2.87. The molecule has 3 heteroatoms. The molecule has 0 aromatic rings. The molecule has 0 radical (unpaired) electrons. The molecule has 1 aliphatic rings. The first-order valence-electron chi connectivity index (χ1n) is 8.31. The predicted molar refractivity (Wildman–Crippen MR) is 82.7 cm³/mol. The minimum absolute atomic E-state index is 0.440. The van der Waals surface area contributed by atoms with Crippen molar-refractivity contribution >= 4 is 0 Å². The Kier molecular flexibility index (Phi) is 8.67. The van der Waals surface area contributed by atoms with Crippen LogP contribution in [0.15, 0.2) is 0 Å². The molecule has 1 heterocycles. The highest BCUT2D eigenvalue weighted by atomic mass is 16.5. The van der Waals surface area contributed by atoms with E-state index in [0.29, 0.717) is 18.2 Å². The second kappa shape index (κ2) is 9.73. The smallest absolute Gasteiger partial charge is 0.0707 e. The lowest BCUT2D eigenvalue weighted by atomic mass is 10.1. The fraction of sp³-hybridized carbons (Fsp3) is 1.00. The molecule has 0 bridgehead atoms. The molecule has 1 saturated heterocycles. The van der Waals surface area contributed by atoms with Crippen LogP contribution in [0.3, 0.4) is 0 Å². The predicted octanol–water partition coefficient (Wildman–Crippen LogP) is 3.04. The Labute approximate surface area is 120 Å². The van der Waals surface area contributed by atoms with Gasteiger partial charge in [-0.05, 0) is 45.7 Å². The van der Waals surface area contributed by atoms with Crippen LogP contribution in [0.1, 0.15) is 59.8 Å². The minimum atomic E-state index is 0.440. The van der Waals surface area contributed by atoms with Gasteiger partial charge in [-0.1, -0.05) is 27.2 Å². The van der Waals surface area contributed by atoms with E-state index >= 15 is 0 Å². The van der Waals surface area contributed by atoms with Crippen LogP contribution >= 0.6 is 0 Å². The van der Waals surface area contributed by atoms with Gasteiger partial charge >= 0.3 is 0 Å². The molecule has 0 aromatic heterocycles. The largest absolute Gasteiger partial charge is 0.372 e. The summed E-state index contributed by atoms with van der Waals surface area (Å²) in [5.41, 5.74) is 0. The van der Waals surface area contributed by atoms with Crippen molar-refractivity contribution < 1.29 is 4.74 Å². The maximum absolute atomic E-state index is 6.16. The van der Waals surface area contributed by atoms with Crippen LogP contribution in [-0.4, -0.2) is 49.3 Å². The Hall–Kier alpha value is -0.120. The fourth-order valence-electron chi connectivity index (χ4n) is 2.74. The first kappa shape index (κ1) is 16.9. The molecular formula is C16H34N2O. The van der Waals surface area contributed by atoms with E-state index in [-0.39, 0.29) is 0 Å². The van der Waals surface area contributed by atoms with Gasteiger partial charge in [0.1, 0.15) is 0 Å². The summed E-state index contributed by atoms with van der Waals surface area (Å²) in [6.45, 7) is 13.5. The zero-order valence-corrected chi connectivity index (χ0v) is 13.5. The zero-order chi connectivity index (χ0) is 14.1. The van der Waals surface area contributed by atoms with Crippen molar-refractivity contribution in [1.29, 1.82) is 0 Å². The number of nitrogens with one attached hydrogen (secondary N) is 1. The fourth-order valence-corrected chi connectivity index (χ4v) is 2.74. The molecule has 3 unspecified atom stereocenters. The van der Waals surface area contributed by atoms with Crippen LogP contribution in [0.2, 0.25) is 0 Å². The highest BCUT2D eigenvalue weighted by molar-refractivity contribution is 4.79. The van der Waals surface area contributed by atoms with Crippen molar-refractivity contribution in [3.63, 3.8) is 0 Å². The lowest BCUT2D eigenvalue weighted by Gasteiger charge is -2.30. The second-order valence-corrected chi connectivity index (χ2v) is 5.87. The highest BCUT2D eigenvalue weighted by Crippen LogP contribution is 2.21.